The van der Waals surface area contributed by atoms with Crippen LogP contribution in [0.25, 0.3) is 0 Å². The van der Waals surface area contributed by atoms with Crippen LogP contribution in [-0.4, -0.2) is 124 Å². The van der Waals surface area contributed by atoms with Crippen molar-refractivity contribution in [2.45, 2.75) is 158 Å². The van der Waals surface area contributed by atoms with Crippen LogP contribution in [0.15, 0.2) is 0 Å². The number of nitrogens with zero attached hydrogens (tertiary/aromatic N) is 3. The zero-order chi connectivity index (χ0) is 38.1. The summed E-state index contributed by atoms with van der Waals surface area (Å²) in [4.78, 5) is 70.1. The van der Waals surface area contributed by atoms with Crippen LogP contribution in [0, 0.1) is 0 Å². The monoisotopic (exact) mass is 687 g/mol. The van der Waals surface area contributed by atoms with Crippen LogP contribution in [0.1, 0.15) is 118 Å². The van der Waals surface area contributed by atoms with E-state index in [0.29, 0.717) is 0 Å². The number of hydrogen-bond acceptors (Lipinski definition) is 13. The summed E-state index contributed by atoms with van der Waals surface area (Å²) in [5.74, 6) is -2.76. The topological polar surface area (TPSA) is 141 Å². The van der Waals surface area contributed by atoms with Crippen molar-refractivity contribution in [3.63, 3.8) is 0 Å². The fourth-order valence-corrected chi connectivity index (χ4v) is 4.42. The maximum Gasteiger partial charge on any atom is 0.320 e. The van der Waals surface area contributed by atoms with Gasteiger partial charge in [0.25, 0.3) is 0 Å². The average molecular weight is 688 g/mol. The average Bonchev–Trinajstić information content (AvgIpc) is 2.76. The second-order valence-corrected chi connectivity index (χ2v) is 17.2. The summed E-state index contributed by atoms with van der Waals surface area (Å²) >= 11 is 0. The highest BCUT2D eigenvalue weighted by Gasteiger charge is 2.34. The fraction of sp³-hybridized carbons (Fsp3) is 0.857. The van der Waals surface area contributed by atoms with E-state index in [2.05, 4.69) is 0 Å². The van der Waals surface area contributed by atoms with Gasteiger partial charge in [-0.15, -0.1) is 0 Å². The Morgan fingerprint density at radius 1 is 0.396 bits per heavy atom. The number of esters is 5. The Morgan fingerprint density at radius 3 is 0.833 bits per heavy atom. The standard InChI is InChI=1S/C35H65N3O10/c1-24(36(19-26(39)44-31(3,4)5)20-27(40)45-32(6,7)8)18-37(21-28(41)46-33(9,10)11)25(2)38(22-29(42)47-34(12,13)14)23-30(43)48-35(15,16)17/h24-25H,18-23H2,1-17H3. The molecule has 48 heavy (non-hydrogen) atoms. The first-order valence-corrected chi connectivity index (χ1v) is 16.6. The molecule has 0 amide bonds. The molecule has 280 valence electrons. The summed E-state index contributed by atoms with van der Waals surface area (Å²) in [5.41, 5.74) is -3.82. The largest absolute Gasteiger partial charge is 0.459 e. The molecule has 0 rings (SSSR count). The van der Waals surface area contributed by atoms with E-state index in [9.17, 15) is 24.0 Å². The lowest BCUT2D eigenvalue weighted by atomic mass is 10.2. The molecule has 0 fully saturated rings. The summed E-state index contributed by atoms with van der Waals surface area (Å²) in [6.45, 7) is 28.6. The molecule has 0 aromatic heterocycles. The predicted molar refractivity (Wildman–Crippen MR) is 183 cm³/mol. The minimum Gasteiger partial charge on any atom is -0.459 e. The molecular formula is C35H65N3O10. The van der Waals surface area contributed by atoms with E-state index in [0.717, 1.165) is 0 Å². The molecule has 2 atom stereocenters. The lowest BCUT2D eigenvalue weighted by molar-refractivity contribution is -0.167. The van der Waals surface area contributed by atoms with Crippen LogP contribution < -0.4 is 0 Å². The SMILES string of the molecule is CC(CN(CC(=O)OC(C)(C)C)C(C)N(CC(=O)OC(C)(C)C)CC(=O)OC(C)(C)C)N(CC(=O)OC(C)(C)C)CC(=O)OC(C)(C)C. The van der Waals surface area contributed by atoms with Crippen LogP contribution in [0.4, 0.5) is 0 Å². The summed E-state index contributed by atoms with van der Waals surface area (Å²) in [6.07, 6.45) is -0.718. The van der Waals surface area contributed by atoms with Gasteiger partial charge in [-0.1, -0.05) is 0 Å². The molecule has 13 nitrogen and oxygen atoms in total. The van der Waals surface area contributed by atoms with Gasteiger partial charge in [0.05, 0.1) is 38.9 Å². The van der Waals surface area contributed by atoms with E-state index in [1.54, 1.807) is 132 Å². The van der Waals surface area contributed by atoms with Gasteiger partial charge in [0.2, 0.25) is 0 Å². The third-order valence-corrected chi connectivity index (χ3v) is 5.94. The highest BCUT2D eigenvalue weighted by molar-refractivity contribution is 5.76. The number of ether oxygens (including phenoxy) is 5. The van der Waals surface area contributed by atoms with Gasteiger partial charge in [-0.25, -0.2) is 0 Å². The van der Waals surface area contributed by atoms with Crippen molar-refractivity contribution in [3.8, 4) is 0 Å². The first-order chi connectivity index (χ1) is 21.2. The van der Waals surface area contributed by atoms with Crippen molar-refractivity contribution in [2.75, 3.05) is 39.3 Å². The van der Waals surface area contributed by atoms with Crippen LogP contribution in [-0.2, 0) is 47.7 Å². The van der Waals surface area contributed by atoms with E-state index in [1.165, 1.54) is 0 Å². The van der Waals surface area contributed by atoms with Crippen molar-refractivity contribution < 1.29 is 47.7 Å². The minimum absolute atomic E-state index is 0.116. The highest BCUT2D eigenvalue weighted by Crippen LogP contribution is 2.17. The van der Waals surface area contributed by atoms with Crippen molar-refractivity contribution >= 4 is 29.8 Å². The lowest BCUT2D eigenvalue weighted by Gasteiger charge is -2.40. The molecular weight excluding hydrogens is 622 g/mol. The zero-order valence-corrected chi connectivity index (χ0v) is 32.8. The van der Waals surface area contributed by atoms with Gasteiger partial charge < -0.3 is 23.7 Å². The second-order valence-electron chi connectivity index (χ2n) is 17.2. The van der Waals surface area contributed by atoms with E-state index >= 15 is 0 Å². The fourth-order valence-electron chi connectivity index (χ4n) is 4.42. The van der Waals surface area contributed by atoms with Crippen molar-refractivity contribution in [1.82, 2.24) is 14.7 Å². The molecule has 0 aliphatic heterocycles. The van der Waals surface area contributed by atoms with E-state index in [-0.39, 0.29) is 39.3 Å². The molecule has 0 aromatic carbocycles. The van der Waals surface area contributed by atoms with Crippen LogP contribution in [0.3, 0.4) is 0 Å². The van der Waals surface area contributed by atoms with Gasteiger partial charge in [0, 0.05) is 12.6 Å². The van der Waals surface area contributed by atoms with Gasteiger partial charge in [-0.3, -0.25) is 38.7 Å². The smallest absolute Gasteiger partial charge is 0.320 e. The zero-order valence-electron chi connectivity index (χ0n) is 32.8. The van der Waals surface area contributed by atoms with Crippen molar-refractivity contribution in [1.29, 1.82) is 0 Å². The quantitative estimate of drug-likeness (QED) is 0.137. The molecule has 0 aliphatic rings. The third-order valence-electron chi connectivity index (χ3n) is 5.94. The lowest BCUT2D eigenvalue weighted by Crippen LogP contribution is -2.56. The normalized spacial score (nSPS) is 14.4. The number of rotatable bonds is 15. The maximum atomic E-state index is 13.2. The van der Waals surface area contributed by atoms with Gasteiger partial charge in [-0.2, -0.15) is 0 Å². The van der Waals surface area contributed by atoms with E-state index in [4.69, 9.17) is 23.7 Å². The van der Waals surface area contributed by atoms with Crippen molar-refractivity contribution in [3.05, 3.63) is 0 Å². The Morgan fingerprint density at radius 2 is 0.604 bits per heavy atom. The Hall–Kier alpha value is -2.77. The minimum atomic E-state index is -0.774. The van der Waals surface area contributed by atoms with Gasteiger partial charge in [-0.05, 0) is 118 Å². The molecule has 0 N–H and O–H groups in total. The molecule has 0 saturated carbocycles. The van der Waals surface area contributed by atoms with Gasteiger partial charge >= 0.3 is 29.8 Å². The number of carbonyl (C=O) groups is 5. The summed E-state index contributed by atoms with van der Waals surface area (Å²) in [7, 11) is 0. The maximum absolute atomic E-state index is 13.2. The molecule has 0 aromatic rings. The molecule has 2 unspecified atom stereocenters. The van der Waals surface area contributed by atoms with Gasteiger partial charge in [0.15, 0.2) is 0 Å². The first-order valence-electron chi connectivity index (χ1n) is 16.6. The number of carbonyl (C=O) groups excluding carboxylic acids is 5. The summed E-state index contributed by atoms with van der Waals surface area (Å²) < 4.78 is 27.8. The Bertz CT molecular complexity index is 1030. The highest BCUT2D eigenvalue weighted by atomic mass is 16.6. The number of hydrogen-bond donors (Lipinski definition) is 0. The summed E-state index contributed by atoms with van der Waals surface area (Å²) in [5, 5.41) is 0. The summed E-state index contributed by atoms with van der Waals surface area (Å²) in [6, 6.07) is -0.528. The molecule has 0 spiro atoms. The molecule has 0 heterocycles. The molecule has 0 radical (unpaired) electrons. The Balaban J connectivity index is 6.68. The van der Waals surface area contributed by atoms with Crippen LogP contribution >= 0.6 is 0 Å². The van der Waals surface area contributed by atoms with E-state index < -0.39 is 70.1 Å². The molecule has 0 aliphatic carbocycles. The third kappa shape index (κ3) is 22.7. The van der Waals surface area contributed by atoms with Crippen molar-refractivity contribution in [2.24, 2.45) is 0 Å². The molecule has 0 bridgehead atoms. The second kappa shape index (κ2) is 17.8. The van der Waals surface area contributed by atoms with Crippen LogP contribution in [0.2, 0.25) is 0 Å². The Labute approximate surface area is 289 Å². The van der Waals surface area contributed by atoms with Gasteiger partial charge in [0.1, 0.15) is 28.0 Å². The molecule has 0 saturated heterocycles. The molecule has 13 heteroatoms. The Kier molecular flexibility index (Phi) is 16.7. The van der Waals surface area contributed by atoms with Crippen LogP contribution in [0.5, 0.6) is 0 Å². The first kappa shape index (κ1) is 45.2. The van der Waals surface area contributed by atoms with E-state index in [1.807, 2.05) is 0 Å². The predicted octanol–water partition coefficient (Wildman–Crippen LogP) is 4.34.